The SMILES string of the molecule is Fc1ccc(-n2cc(CN3CCC(N4CCNCC4)C3)cn2)cc1. The van der Waals surface area contributed by atoms with Gasteiger partial charge in [0, 0.05) is 63.6 Å². The van der Waals surface area contributed by atoms with E-state index < -0.39 is 0 Å². The van der Waals surface area contributed by atoms with E-state index in [0.29, 0.717) is 6.04 Å². The average molecular weight is 329 g/mol. The van der Waals surface area contributed by atoms with Crippen LogP contribution >= 0.6 is 0 Å². The Hall–Kier alpha value is -1.76. The van der Waals surface area contributed by atoms with Crippen LogP contribution in [-0.4, -0.2) is 64.9 Å². The number of benzene rings is 1. The standard InChI is InChI=1S/C18H24FN5/c19-16-1-3-17(4-2-16)24-13-15(11-21-24)12-22-8-5-18(14-22)23-9-6-20-7-10-23/h1-4,11,13,18,20H,5-10,12,14H2. The molecule has 6 heteroatoms. The number of nitrogens with zero attached hydrogens (tertiary/aromatic N) is 4. The number of piperazine rings is 1. The first-order chi connectivity index (χ1) is 11.8. The van der Waals surface area contributed by atoms with Crippen LogP contribution < -0.4 is 5.32 Å². The Kier molecular flexibility index (Phi) is 4.60. The molecule has 1 unspecified atom stereocenters. The molecule has 2 aliphatic rings. The van der Waals surface area contributed by atoms with Gasteiger partial charge >= 0.3 is 0 Å². The number of rotatable bonds is 4. The molecule has 0 bridgehead atoms. The van der Waals surface area contributed by atoms with Crippen LogP contribution in [0.1, 0.15) is 12.0 Å². The number of aromatic nitrogens is 2. The molecule has 2 saturated heterocycles. The minimum atomic E-state index is -0.220. The van der Waals surface area contributed by atoms with Crippen molar-refractivity contribution < 1.29 is 4.39 Å². The molecule has 1 aromatic carbocycles. The second-order valence-corrected chi connectivity index (χ2v) is 6.73. The molecule has 2 fully saturated rings. The summed E-state index contributed by atoms with van der Waals surface area (Å²) in [5.74, 6) is -0.220. The molecule has 2 aliphatic heterocycles. The summed E-state index contributed by atoms with van der Waals surface area (Å²) in [6.45, 7) is 7.78. The van der Waals surface area contributed by atoms with Crippen molar-refractivity contribution in [1.82, 2.24) is 24.9 Å². The van der Waals surface area contributed by atoms with Crippen LogP contribution in [0.5, 0.6) is 0 Å². The lowest BCUT2D eigenvalue weighted by atomic mass is 10.2. The molecule has 24 heavy (non-hydrogen) atoms. The van der Waals surface area contributed by atoms with Gasteiger partial charge in [0.25, 0.3) is 0 Å². The van der Waals surface area contributed by atoms with E-state index in [-0.39, 0.29) is 5.82 Å². The van der Waals surface area contributed by atoms with Crippen molar-refractivity contribution in [3.05, 3.63) is 48.0 Å². The van der Waals surface area contributed by atoms with Crippen LogP contribution in [0.15, 0.2) is 36.7 Å². The lowest BCUT2D eigenvalue weighted by Gasteiger charge is -2.32. The summed E-state index contributed by atoms with van der Waals surface area (Å²) < 4.78 is 14.8. The zero-order valence-corrected chi connectivity index (χ0v) is 13.9. The molecule has 1 atom stereocenters. The van der Waals surface area contributed by atoms with Crippen LogP contribution in [0.3, 0.4) is 0 Å². The third-order valence-corrected chi connectivity index (χ3v) is 5.05. The van der Waals surface area contributed by atoms with Crippen molar-refractivity contribution in [2.75, 3.05) is 39.3 Å². The largest absolute Gasteiger partial charge is 0.314 e. The lowest BCUT2D eigenvalue weighted by molar-refractivity contribution is 0.170. The fourth-order valence-electron chi connectivity index (χ4n) is 3.74. The second kappa shape index (κ2) is 7.01. The van der Waals surface area contributed by atoms with Gasteiger partial charge in [-0.15, -0.1) is 0 Å². The van der Waals surface area contributed by atoms with Crippen LogP contribution in [0.4, 0.5) is 4.39 Å². The van der Waals surface area contributed by atoms with Gasteiger partial charge in [0.15, 0.2) is 0 Å². The monoisotopic (exact) mass is 329 g/mol. The van der Waals surface area contributed by atoms with E-state index in [1.807, 2.05) is 17.1 Å². The van der Waals surface area contributed by atoms with Crippen LogP contribution in [0, 0.1) is 5.82 Å². The predicted octanol–water partition coefficient (Wildman–Crippen LogP) is 1.49. The maximum absolute atomic E-state index is 13.0. The first kappa shape index (κ1) is 15.7. The van der Waals surface area contributed by atoms with Gasteiger partial charge in [-0.1, -0.05) is 0 Å². The molecule has 0 aliphatic carbocycles. The Morgan fingerprint density at radius 3 is 2.71 bits per heavy atom. The lowest BCUT2D eigenvalue weighted by Crippen LogP contribution is -2.49. The molecule has 1 aromatic heterocycles. The molecule has 128 valence electrons. The Morgan fingerprint density at radius 1 is 1.12 bits per heavy atom. The summed E-state index contributed by atoms with van der Waals surface area (Å²) >= 11 is 0. The minimum Gasteiger partial charge on any atom is -0.314 e. The third-order valence-electron chi connectivity index (χ3n) is 5.05. The summed E-state index contributed by atoms with van der Waals surface area (Å²) in [5.41, 5.74) is 2.10. The second-order valence-electron chi connectivity index (χ2n) is 6.73. The number of hydrogen-bond donors (Lipinski definition) is 1. The maximum Gasteiger partial charge on any atom is 0.123 e. The molecule has 3 heterocycles. The number of likely N-dealkylation sites (tertiary alicyclic amines) is 1. The summed E-state index contributed by atoms with van der Waals surface area (Å²) in [7, 11) is 0. The summed E-state index contributed by atoms with van der Waals surface area (Å²) in [6.07, 6.45) is 5.22. The molecule has 1 N–H and O–H groups in total. The first-order valence-corrected chi connectivity index (χ1v) is 8.74. The normalized spacial score (nSPS) is 23.0. The van der Waals surface area contributed by atoms with Crippen molar-refractivity contribution in [2.45, 2.75) is 19.0 Å². The van der Waals surface area contributed by atoms with Crippen LogP contribution in [0.2, 0.25) is 0 Å². The van der Waals surface area contributed by atoms with E-state index >= 15 is 0 Å². The quantitative estimate of drug-likeness (QED) is 0.922. The highest BCUT2D eigenvalue weighted by Gasteiger charge is 2.28. The van der Waals surface area contributed by atoms with Crippen molar-refractivity contribution in [2.24, 2.45) is 0 Å². The van der Waals surface area contributed by atoms with Gasteiger partial charge in [-0.05, 0) is 30.7 Å². The topological polar surface area (TPSA) is 36.3 Å². The Balaban J connectivity index is 1.35. The van der Waals surface area contributed by atoms with Gasteiger partial charge in [-0.25, -0.2) is 9.07 Å². The average Bonchev–Trinajstić information content (AvgIpc) is 3.27. The number of halogens is 1. The Morgan fingerprint density at radius 2 is 1.92 bits per heavy atom. The van der Waals surface area contributed by atoms with E-state index in [0.717, 1.165) is 38.4 Å². The molecular formula is C18H24FN5. The third kappa shape index (κ3) is 3.50. The number of nitrogens with one attached hydrogen (secondary N) is 1. The summed E-state index contributed by atoms with van der Waals surface area (Å²) in [4.78, 5) is 5.14. The zero-order chi connectivity index (χ0) is 16.4. The van der Waals surface area contributed by atoms with Crippen LogP contribution in [-0.2, 0) is 6.54 Å². The highest BCUT2D eigenvalue weighted by atomic mass is 19.1. The Bertz CT molecular complexity index is 662. The molecule has 2 aromatic rings. The van der Waals surface area contributed by atoms with E-state index in [9.17, 15) is 4.39 Å². The van der Waals surface area contributed by atoms with Crippen molar-refractivity contribution >= 4 is 0 Å². The smallest absolute Gasteiger partial charge is 0.123 e. The summed E-state index contributed by atoms with van der Waals surface area (Å²) in [5, 5.41) is 7.84. The van der Waals surface area contributed by atoms with Gasteiger partial charge in [0.05, 0.1) is 11.9 Å². The summed E-state index contributed by atoms with van der Waals surface area (Å²) in [6, 6.07) is 7.13. The van der Waals surface area contributed by atoms with Gasteiger partial charge in [-0.3, -0.25) is 9.80 Å². The molecule has 0 amide bonds. The fourth-order valence-corrected chi connectivity index (χ4v) is 3.74. The molecule has 0 radical (unpaired) electrons. The van der Waals surface area contributed by atoms with Crippen LogP contribution in [0.25, 0.3) is 5.69 Å². The van der Waals surface area contributed by atoms with Gasteiger partial charge < -0.3 is 5.32 Å². The maximum atomic E-state index is 13.0. The molecule has 4 rings (SSSR count). The van der Waals surface area contributed by atoms with E-state index in [4.69, 9.17) is 0 Å². The molecule has 0 saturated carbocycles. The molecular weight excluding hydrogens is 305 g/mol. The van der Waals surface area contributed by atoms with Gasteiger partial charge in [-0.2, -0.15) is 5.10 Å². The fraction of sp³-hybridized carbons (Fsp3) is 0.500. The highest BCUT2D eigenvalue weighted by Crippen LogP contribution is 2.19. The predicted molar refractivity (Wildman–Crippen MR) is 91.6 cm³/mol. The Labute approximate surface area is 142 Å². The molecule has 0 spiro atoms. The first-order valence-electron chi connectivity index (χ1n) is 8.74. The highest BCUT2D eigenvalue weighted by molar-refractivity contribution is 5.31. The van der Waals surface area contributed by atoms with Gasteiger partial charge in [0.2, 0.25) is 0 Å². The van der Waals surface area contributed by atoms with Crippen molar-refractivity contribution in [3.8, 4) is 5.69 Å². The van der Waals surface area contributed by atoms with Gasteiger partial charge in [0.1, 0.15) is 5.82 Å². The minimum absolute atomic E-state index is 0.220. The zero-order valence-electron chi connectivity index (χ0n) is 13.9. The van der Waals surface area contributed by atoms with E-state index in [2.05, 4.69) is 20.2 Å². The van der Waals surface area contributed by atoms with Crippen molar-refractivity contribution in [3.63, 3.8) is 0 Å². The van der Waals surface area contributed by atoms with E-state index in [1.54, 1.807) is 12.1 Å². The number of hydrogen-bond acceptors (Lipinski definition) is 4. The van der Waals surface area contributed by atoms with Crippen molar-refractivity contribution in [1.29, 1.82) is 0 Å². The van der Waals surface area contributed by atoms with E-state index in [1.165, 1.54) is 37.2 Å². The molecule has 5 nitrogen and oxygen atoms in total.